The van der Waals surface area contributed by atoms with Crippen molar-refractivity contribution in [3.8, 4) is 11.5 Å². The molecule has 0 bridgehead atoms. The van der Waals surface area contributed by atoms with Gasteiger partial charge in [-0.2, -0.15) is 0 Å². The van der Waals surface area contributed by atoms with Gasteiger partial charge in [0.15, 0.2) is 0 Å². The molecule has 0 aliphatic rings. The topological polar surface area (TPSA) is 70.4 Å². The lowest BCUT2D eigenvalue weighted by Crippen LogP contribution is -2.21. The molecule has 2 aromatic heterocycles. The fourth-order valence-electron chi connectivity index (χ4n) is 3.25. The third kappa shape index (κ3) is 4.40. The summed E-state index contributed by atoms with van der Waals surface area (Å²) in [6.07, 6.45) is 2.27. The average Bonchev–Trinajstić information content (AvgIpc) is 3.14. The summed E-state index contributed by atoms with van der Waals surface area (Å²) in [7, 11) is 0. The summed E-state index contributed by atoms with van der Waals surface area (Å²) in [4.78, 5) is 30.8. The molecule has 2 heterocycles. The molecule has 164 valence electrons. The van der Waals surface area contributed by atoms with Crippen LogP contribution in [0, 0.1) is 12.7 Å². The maximum atomic E-state index is 14.0. The minimum atomic E-state index is -0.562. The zero-order valence-electron chi connectivity index (χ0n) is 17.6. The van der Waals surface area contributed by atoms with Crippen LogP contribution in [0.2, 0.25) is 0 Å². The first kappa shape index (κ1) is 21.7. The van der Waals surface area contributed by atoms with Crippen molar-refractivity contribution >= 4 is 27.5 Å². The van der Waals surface area contributed by atoms with Crippen LogP contribution < -0.4 is 15.0 Å². The fraction of sp³-hybridized carbons (Fsp3) is 0.208. The van der Waals surface area contributed by atoms with Crippen molar-refractivity contribution < 1.29 is 18.7 Å². The Morgan fingerprint density at radius 1 is 1.12 bits per heavy atom. The van der Waals surface area contributed by atoms with Gasteiger partial charge in [0.25, 0.3) is 5.56 Å². The second-order valence-corrected chi connectivity index (χ2v) is 8.21. The number of fused-ring (bicyclic) bond motifs is 1. The number of nitrogens with zero attached hydrogens (tertiary/aromatic N) is 2. The smallest absolute Gasteiger partial charge is 0.354 e. The largest absolute Gasteiger partial charge is 0.494 e. The number of halogens is 1. The summed E-state index contributed by atoms with van der Waals surface area (Å²) in [5.41, 5.74) is 0.552. The summed E-state index contributed by atoms with van der Waals surface area (Å²) >= 11 is 1.10. The molecule has 0 saturated heterocycles. The molecule has 0 aliphatic carbocycles. The van der Waals surface area contributed by atoms with Crippen LogP contribution in [0.4, 0.5) is 4.39 Å². The Labute approximate surface area is 187 Å². The number of aromatic nitrogens is 2. The average molecular weight is 453 g/mol. The lowest BCUT2D eigenvalue weighted by Gasteiger charge is -2.07. The molecule has 32 heavy (non-hydrogen) atoms. The van der Waals surface area contributed by atoms with Crippen LogP contribution in [-0.2, 0) is 6.54 Å². The van der Waals surface area contributed by atoms with Gasteiger partial charge in [0.1, 0.15) is 27.0 Å². The van der Waals surface area contributed by atoms with Gasteiger partial charge in [-0.1, -0.05) is 25.1 Å². The number of benzene rings is 2. The van der Waals surface area contributed by atoms with Crippen molar-refractivity contribution in [1.29, 1.82) is 0 Å². The number of esters is 1. The van der Waals surface area contributed by atoms with E-state index in [1.54, 1.807) is 49.4 Å². The van der Waals surface area contributed by atoms with Gasteiger partial charge in [0.05, 0.1) is 24.9 Å². The van der Waals surface area contributed by atoms with Crippen molar-refractivity contribution in [1.82, 2.24) is 9.55 Å². The maximum absolute atomic E-state index is 14.0. The van der Waals surface area contributed by atoms with Crippen molar-refractivity contribution in [2.45, 2.75) is 26.8 Å². The van der Waals surface area contributed by atoms with Gasteiger partial charge in [0, 0.05) is 5.56 Å². The highest BCUT2D eigenvalue weighted by Crippen LogP contribution is 2.28. The van der Waals surface area contributed by atoms with E-state index >= 15 is 0 Å². The lowest BCUT2D eigenvalue weighted by molar-refractivity contribution is 0.0739. The molecule has 0 radical (unpaired) electrons. The van der Waals surface area contributed by atoms with Gasteiger partial charge in [-0.15, -0.1) is 11.3 Å². The number of thiophene rings is 1. The molecule has 4 rings (SSSR count). The third-order valence-corrected chi connectivity index (χ3v) is 6.09. The van der Waals surface area contributed by atoms with Gasteiger partial charge < -0.3 is 9.47 Å². The molecule has 0 amide bonds. The quantitative estimate of drug-likeness (QED) is 0.293. The highest BCUT2D eigenvalue weighted by atomic mass is 32.1. The molecule has 0 atom stereocenters. The molecule has 0 spiro atoms. The first-order valence-electron chi connectivity index (χ1n) is 10.1. The van der Waals surface area contributed by atoms with Crippen LogP contribution >= 0.6 is 11.3 Å². The number of carbonyl (C=O) groups is 1. The van der Waals surface area contributed by atoms with Gasteiger partial charge in [-0.3, -0.25) is 9.36 Å². The molecule has 8 heteroatoms. The molecule has 0 fully saturated rings. The zero-order valence-corrected chi connectivity index (χ0v) is 18.4. The van der Waals surface area contributed by atoms with E-state index in [4.69, 9.17) is 9.47 Å². The maximum Gasteiger partial charge on any atom is 0.354 e. The van der Waals surface area contributed by atoms with E-state index in [-0.39, 0.29) is 12.1 Å². The van der Waals surface area contributed by atoms with E-state index in [2.05, 4.69) is 4.98 Å². The minimum Gasteiger partial charge on any atom is -0.494 e. The van der Waals surface area contributed by atoms with E-state index in [0.717, 1.165) is 17.8 Å². The third-order valence-electron chi connectivity index (χ3n) is 4.91. The van der Waals surface area contributed by atoms with Crippen LogP contribution in [-0.4, -0.2) is 22.1 Å². The number of carbonyl (C=O) groups excluding carboxylic acids is 1. The van der Waals surface area contributed by atoms with Crippen LogP contribution in [0.5, 0.6) is 11.5 Å². The predicted octanol–water partition coefficient (Wildman–Crippen LogP) is 4.96. The first-order chi connectivity index (χ1) is 15.5. The summed E-state index contributed by atoms with van der Waals surface area (Å²) in [5.74, 6) is 0.120. The second kappa shape index (κ2) is 9.32. The van der Waals surface area contributed by atoms with E-state index in [0.29, 0.717) is 44.3 Å². The molecule has 2 aromatic carbocycles. The highest BCUT2D eigenvalue weighted by Gasteiger charge is 2.21. The van der Waals surface area contributed by atoms with E-state index in [1.807, 2.05) is 6.92 Å². The van der Waals surface area contributed by atoms with Crippen molar-refractivity contribution in [3.05, 3.63) is 87.0 Å². The highest BCUT2D eigenvalue weighted by molar-refractivity contribution is 7.20. The standard InChI is InChI=1S/C24H21FN2O4S/c1-3-12-30-17-8-10-18(11-9-17)31-24(29)21-15(2)20-22(32-21)26-14-27(23(20)28)13-16-6-4-5-7-19(16)25/h4-11,14H,3,12-13H2,1-2H3. The molecule has 6 nitrogen and oxygen atoms in total. The molecule has 0 N–H and O–H groups in total. The Morgan fingerprint density at radius 3 is 2.56 bits per heavy atom. The molecule has 4 aromatic rings. The van der Waals surface area contributed by atoms with Gasteiger partial charge in [0.2, 0.25) is 0 Å². The summed E-state index contributed by atoms with van der Waals surface area (Å²) in [6, 6.07) is 13.1. The number of aryl methyl sites for hydroxylation is 1. The SMILES string of the molecule is CCCOc1ccc(OC(=O)c2sc3ncn(Cc4ccccc4F)c(=O)c3c2C)cc1. The number of hydrogen-bond donors (Lipinski definition) is 0. The molecule has 0 aliphatic heterocycles. The Morgan fingerprint density at radius 2 is 1.84 bits per heavy atom. The molecule has 0 saturated carbocycles. The summed E-state index contributed by atoms with van der Waals surface area (Å²) in [6.45, 7) is 4.37. The predicted molar refractivity (Wildman–Crippen MR) is 121 cm³/mol. The van der Waals surface area contributed by atoms with Crippen LogP contribution in [0.3, 0.4) is 0 Å². The van der Waals surface area contributed by atoms with E-state index in [9.17, 15) is 14.0 Å². The number of hydrogen-bond acceptors (Lipinski definition) is 6. The second-order valence-electron chi connectivity index (χ2n) is 7.21. The molecular formula is C24H21FN2O4S. The van der Waals surface area contributed by atoms with Gasteiger partial charge >= 0.3 is 5.97 Å². The Bertz CT molecular complexity index is 1330. The zero-order chi connectivity index (χ0) is 22.7. The first-order valence-corrected chi connectivity index (χ1v) is 11.0. The Kier molecular flexibility index (Phi) is 6.32. The van der Waals surface area contributed by atoms with Gasteiger partial charge in [-0.25, -0.2) is 14.2 Å². The van der Waals surface area contributed by atoms with Gasteiger partial charge in [-0.05, 0) is 49.2 Å². The molecular weight excluding hydrogens is 431 g/mol. The fourth-order valence-corrected chi connectivity index (χ4v) is 4.27. The van der Waals surface area contributed by atoms with Crippen molar-refractivity contribution in [2.24, 2.45) is 0 Å². The van der Waals surface area contributed by atoms with Crippen LogP contribution in [0.15, 0.2) is 59.7 Å². The minimum absolute atomic E-state index is 0.0516. The van der Waals surface area contributed by atoms with Crippen LogP contribution in [0.1, 0.15) is 34.1 Å². The number of rotatable bonds is 7. The van der Waals surface area contributed by atoms with Crippen molar-refractivity contribution in [2.75, 3.05) is 6.61 Å². The Hall–Kier alpha value is -3.52. The molecule has 0 unspecified atom stereocenters. The number of ether oxygens (including phenoxy) is 2. The van der Waals surface area contributed by atoms with E-state index in [1.165, 1.54) is 17.0 Å². The normalized spacial score (nSPS) is 11.0. The van der Waals surface area contributed by atoms with Crippen LogP contribution in [0.25, 0.3) is 10.2 Å². The van der Waals surface area contributed by atoms with Crippen molar-refractivity contribution in [3.63, 3.8) is 0 Å². The Balaban J connectivity index is 1.59. The lowest BCUT2D eigenvalue weighted by atomic mass is 10.2. The summed E-state index contributed by atoms with van der Waals surface area (Å²) < 4.78 is 26.3. The summed E-state index contributed by atoms with van der Waals surface area (Å²) in [5, 5.41) is 0.337. The van der Waals surface area contributed by atoms with E-state index < -0.39 is 11.8 Å². The monoisotopic (exact) mass is 452 g/mol.